The summed E-state index contributed by atoms with van der Waals surface area (Å²) in [5.41, 5.74) is 1.42. The normalized spacial score (nSPS) is 23.8. The molecule has 1 aliphatic heterocycles. The van der Waals surface area contributed by atoms with Crippen LogP contribution >= 0.6 is 0 Å². The van der Waals surface area contributed by atoms with Gasteiger partial charge in [0.2, 0.25) is 0 Å². The number of hydrogen-bond donors (Lipinski definition) is 1. The average molecular weight is 249 g/mol. The Morgan fingerprint density at radius 2 is 2.11 bits per heavy atom. The summed E-state index contributed by atoms with van der Waals surface area (Å²) in [6, 6.07) is 1.81. The zero-order valence-corrected chi connectivity index (χ0v) is 11.0. The highest BCUT2D eigenvalue weighted by Gasteiger charge is 2.27. The molecule has 1 aliphatic rings. The zero-order chi connectivity index (χ0) is 13.1. The summed E-state index contributed by atoms with van der Waals surface area (Å²) in [5, 5.41) is 3.02. The first-order valence-corrected chi connectivity index (χ1v) is 6.18. The summed E-state index contributed by atoms with van der Waals surface area (Å²) in [7, 11) is 1.80. The number of amides is 1. The number of morpholine rings is 1. The average Bonchev–Trinajstić information content (AvgIpc) is 2.36. The van der Waals surface area contributed by atoms with Crippen LogP contribution in [0.1, 0.15) is 24.2 Å². The van der Waals surface area contributed by atoms with Crippen molar-refractivity contribution in [2.75, 3.05) is 25.5 Å². The van der Waals surface area contributed by atoms with Gasteiger partial charge in [-0.05, 0) is 19.9 Å². The Morgan fingerprint density at radius 1 is 1.44 bits per heavy atom. The minimum atomic E-state index is 0.00875. The van der Waals surface area contributed by atoms with Gasteiger partial charge in [0.1, 0.15) is 0 Å². The SMILES string of the molecule is CNc1ccncc1C(=O)N1C[C@@H](C)O[C@@H](C)C1. The van der Waals surface area contributed by atoms with Crippen LogP contribution in [0.5, 0.6) is 0 Å². The maximum atomic E-state index is 12.5. The summed E-state index contributed by atoms with van der Waals surface area (Å²) in [6.07, 6.45) is 3.44. The molecule has 0 bridgehead atoms. The summed E-state index contributed by atoms with van der Waals surface area (Å²) in [4.78, 5) is 18.3. The van der Waals surface area contributed by atoms with Crippen molar-refractivity contribution in [1.82, 2.24) is 9.88 Å². The topological polar surface area (TPSA) is 54.5 Å². The number of carbonyl (C=O) groups excluding carboxylic acids is 1. The number of rotatable bonds is 2. The van der Waals surface area contributed by atoms with E-state index in [9.17, 15) is 4.79 Å². The third kappa shape index (κ3) is 2.61. The van der Waals surface area contributed by atoms with Crippen LogP contribution in [-0.4, -0.2) is 48.1 Å². The highest BCUT2D eigenvalue weighted by molar-refractivity contribution is 5.99. The Kier molecular flexibility index (Phi) is 3.81. The minimum absolute atomic E-state index is 0.00875. The molecule has 0 aliphatic carbocycles. The smallest absolute Gasteiger partial charge is 0.257 e. The monoisotopic (exact) mass is 249 g/mol. The number of carbonyl (C=O) groups is 1. The first kappa shape index (κ1) is 12.8. The van der Waals surface area contributed by atoms with Crippen LogP contribution in [0, 0.1) is 0 Å². The Hall–Kier alpha value is -1.62. The molecule has 5 heteroatoms. The van der Waals surface area contributed by atoms with Crippen molar-refractivity contribution in [3.8, 4) is 0 Å². The number of ether oxygens (including phenoxy) is 1. The Labute approximate surface area is 107 Å². The largest absolute Gasteiger partial charge is 0.387 e. The molecule has 1 N–H and O–H groups in total. The van der Waals surface area contributed by atoms with E-state index in [0.717, 1.165) is 5.69 Å². The van der Waals surface area contributed by atoms with Crippen LogP contribution in [0.4, 0.5) is 5.69 Å². The van der Waals surface area contributed by atoms with E-state index in [1.807, 2.05) is 18.7 Å². The van der Waals surface area contributed by atoms with Crippen molar-refractivity contribution in [3.05, 3.63) is 24.0 Å². The molecule has 1 saturated heterocycles. The lowest BCUT2D eigenvalue weighted by Crippen LogP contribution is -2.48. The molecule has 1 amide bonds. The van der Waals surface area contributed by atoms with E-state index in [0.29, 0.717) is 18.7 Å². The molecule has 2 atom stereocenters. The lowest BCUT2D eigenvalue weighted by atomic mass is 10.1. The lowest BCUT2D eigenvalue weighted by molar-refractivity contribution is -0.0586. The molecule has 5 nitrogen and oxygen atoms in total. The number of anilines is 1. The van der Waals surface area contributed by atoms with E-state index in [1.165, 1.54) is 0 Å². The molecular formula is C13H19N3O2. The minimum Gasteiger partial charge on any atom is -0.387 e. The maximum Gasteiger partial charge on any atom is 0.257 e. The van der Waals surface area contributed by atoms with E-state index < -0.39 is 0 Å². The molecule has 0 aromatic carbocycles. The Balaban J connectivity index is 2.20. The quantitative estimate of drug-likeness (QED) is 0.860. The molecule has 0 spiro atoms. The van der Waals surface area contributed by atoms with Crippen molar-refractivity contribution in [2.24, 2.45) is 0 Å². The summed E-state index contributed by atoms with van der Waals surface area (Å²) in [6.45, 7) is 5.22. The molecule has 2 rings (SSSR count). The van der Waals surface area contributed by atoms with Gasteiger partial charge in [-0.2, -0.15) is 0 Å². The summed E-state index contributed by atoms with van der Waals surface area (Å²) in [5.74, 6) is 0.00875. The predicted octanol–water partition coefficient (Wildman–Crippen LogP) is 1.37. The first-order valence-electron chi connectivity index (χ1n) is 6.18. The van der Waals surface area contributed by atoms with Crippen molar-refractivity contribution < 1.29 is 9.53 Å². The third-order valence-electron chi connectivity index (χ3n) is 3.03. The molecule has 1 aromatic rings. The summed E-state index contributed by atoms with van der Waals surface area (Å²) >= 11 is 0. The van der Waals surface area contributed by atoms with Crippen molar-refractivity contribution in [1.29, 1.82) is 0 Å². The molecule has 2 heterocycles. The molecule has 18 heavy (non-hydrogen) atoms. The number of aromatic nitrogens is 1. The van der Waals surface area contributed by atoms with Crippen LogP contribution in [0.2, 0.25) is 0 Å². The van der Waals surface area contributed by atoms with Gasteiger partial charge in [-0.3, -0.25) is 9.78 Å². The molecule has 1 fully saturated rings. The number of nitrogens with one attached hydrogen (secondary N) is 1. The first-order chi connectivity index (χ1) is 8.61. The second-order valence-electron chi connectivity index (χ2n) is 4.64. The van der Waals surface area contributed by atoms with Gasteiger partial charge in [-0.25, -0.2) is 0 Å². The zero-order valence-electron chi connectivity index (χ0n) is 11.0. The highest BCUT2D eigenvalue weighted by Crippen LogP contribution is 2.18. The van der Waals surface area contributed by atoms with E-state index >= 15 is 0 Å². The predicted molar refractivity (Wildman–Crippen MR) is 69.7 cm³/mol. The second kappa shape index (κ2) is 5.35. The summed E-state index contributed by atoms with van der Waals surface area (Å²) < 4.78 is 5.63. The van der Waals surface area contributed by atoms with Crippen LogP contribution < -0.4 is 5.32 Å². The van der Waals surface area contributed by atoms with Gasteiger partial charge in [0.15, 0.2) is 0 Å². The van der Waals surface area contributed by atoms with Crippen LogP contribution in [0.3, 0.4) is 0 Å². The number of pyridine rings is 1. The van der Waals surface area contributed by atoms with E-state index in [2.05, 4.69) is 10.3 Å². The number of hydrogen-bond acceptors (Lipinski definition) is 4. The molecule has 1 aromatic heterocycles. The molecule has 0 unspecified atom stereocenters. The van der Waals surface area contributed by atoms with Gasteiger partial charge >= 0.3 is 0 Å². The maximum absolute atomic E-state index is 12.5. The fourth-order valence-electron chi connectivity index (χ4n) is 2.30. The molecule has 0 radical (unpaired) electrons. The Morgan fingerprint density at radius 3 is 2.72 bits per heavy atom. The molecule has 0 saturated carbocycles. The number of nitrogens with zero attached hydrogens (tertiary/aromatic N) is 2. The standard InChI is InChI=1S/C13H19N3O2/c1-9-7-16(8-10(2)18-9)13(17)11-6-15-5-4-12(11)14-3/h4-6,9-10H,7-8H2,1-3H3,(H,14,15)/t9-,10+. The second-order valence-corrected chi connectivity index (χ2v) is 4.64. The van der Waals surface area contributed by atoms with Crippen LogP contribution in [-0.2, 0) is 4.74 Å². The molecule has 98 valence electrons. The fourth-order valence-corrected chi connectivity index (χ4v) is 2.30. The van der Waals surface area contributed by atoms with Gasteiger partial charge < -0.3 is 15.0 Å². The van der Waals surface area contributed by atoms with Gasteiger partial charge in [-0.15, -0.1) is 0 Å². The molecular weight excluding hydrogens is 230 g/mol. The Bertz CT molecular complexity index is 426. The van der Waals surface area contributed by atoms with Crippen LogP contribution in [0.15, 0.2) is 18.5 Å². The van der Waals surface area contributed by atoms with Crippen LogP contribution in [0.25, 0.3) is 0 Å². The lowest BCUT2D eigenvalue weighted by Gasteiger charge is -2.35. The third-order valence-corrected chi connectivity index (χ3v) is 3.03. The van der Waals surface area contributed by atoms with Gasteiger partial charge in [0.05, 0.1) is 17.8 Å². The van der Waals surface area contributed by atoms with E-state index in [-0.39, 0.29) is 18.1 Å². The van der Waals surface area contributed by atoms with Crippen molar-refractivity contribution in [2.45, 2.75) is 26.1 Å². The van der Waals surface area contributed by atoms with Gasteiger partial charge in [-0.1, -0.05) is 0 Å². The van der Waals surface area contributed by atoms with Gasteiger partial charge in [0.25, 0.3) is 5.91 Å². The van der Waals surface area contributed by atoms with Gasteiger partial charge in [0, 0.05) is 38.2 Å². The van der Waals surface area contributed by atoms with E-state index in [4.69, 9.17) is 4.74 Å². The highest BCUT2D eigenvalue weighted by atomic mass is 16.5. The van der Waals surface area contributed by atoms with Crippen molar-refractivity contribution >= 4 is 11.6 Å². The van der Waals surface area contributed by atoms with E-state index in [1.54, 1.807) is 25.5 Å². The fraction of sp³-hybridized carbons (Fsp3) is 0.538. The van der Waals surface area contributed by atoms with Crippen molar-refractivity contribution in [3.63, 3.8) is 0 Å².